The molecule has 0 aliphatic heterocycles. The van der Waals surface area contributed by atoms with Crippen LogP contribution in [0.2, 0.25) is 0 Å². The van der Waals surface area contributed by atoms with Crippen LogP contribution in [0.15, 0.2) is 64.2 Å². The third kappa shape index (κ3) is 4.92. The van der Waals surface area contributed by atoms with Crippen LogP contribution in [0.3, 0.4) is 0 Å². The van der Waals surface area contributed by atoms with Gasteiger partial charge < -0.3 is 14.4 Å². The lowest BCUT2D eigenvalue weighted by molar-refractivity contribution is 0.0784. The van der Waals surface area contributed by atoms with Gasteiger partial charge in [-0.15, -0.1) is 11.3 Å². The molecule has 9 heteroatoms. The van der Waals surface area contributed by atoms with Crippen LogP contribution in [0.1, 0.15) is 15.9 Å². The van der Waals surface area contributed by atoms with E-state index in [9.17, 15) is 13.2 Å². The summed E-state index contributed by atoms with van der Waals surface area (Å²) in [6.07, 6.45) is 0. The van der Waals surface area contributed by atoms with Crippen molar-refractivity contribution in [2.45, 2.75) is 10.8 Å². The van der Waals surface area contributed by atoms with E-state index in [4.69, 9.17) is 9.47 Å². The maximum absolute atomic E-state index is 12.8. The minimum Gasteiger partial charge on any atom is -0.497 e. The summed E-state index contributed by atoms with van der Waals surface area (Å²) >= 11 is 1.14. The summed E-state index contributed by atoms with van der Waals surface area (Å²) < 4.78 is 37.9. The van der Waals surface area contributed by atoms with Crippen LogP contribution >= 0.6 is 11.3 Å². The molecule has 1 amide bonds. The van der Waals surface area contributed by atoms with Crippen LogP contribution in [0.25, 0.3) is 0 Å². The van der Waals surface area contributed by atoms with Crippen LogP contribution in [-0.2, 0) is 16.6 Å². The Balaban J connectivity index is 1.70. The number of anilines is 1. The Morgan fingerprint density at radius 2 is 1.80 bits per heavy atom. The van der Waals surface area contributed by atoms with Gasteiger partial charge in [-0.25, -0.2) is 8.42 Å². The molecule has 3 aromatic rings. The summed E-state index contributed by atoms with van der Waals surface area (Å²) in [5.41, 5.74) is 1.68. The molecule has 0 saturated heterocycles. The van der Waals surface area contributed by atoms with Gasteiger partial charge in [-0.1, -0.05) is 6.07 Å². The number of carbonyl (C=O) groups is 1. The normalized spacial score (nSPS) is 11.0. The van der Waals surface area contributed by atoms with E-state index in [0.717, 1.165) is 16.9 Å². The highest BCUT2D eigenvalue weighted by Crippen LogP contribution is 2.26. The minimum atomic E-state index is -3.62. The molecule has 0 unspecified atom stereocenters. The van der Waals surface area contributed by atoms with Gasteiger partial charge in [0.15, 0.2) is 0 Å². The number of hydrogen-bond donors (Lipinski definition) is 1. The smallest absolute Gasteiger partial charge is 0.271 e. The number of ether oxygens (including phenoxy) is 2. The average molecular weight is 447 g/mol. The number of nitrogens with one attached hydrogen (secondary N) is 1. The number of rotatable bonds is 8. The molecule has 2 aromatic carbocycles. The predicted molar refractivity (Wildman–Crippen MR) is 117 cm³/mol. The standard InChI is InChI=1S/C21H22N2O5S2/c1-23(14-16-8-11-18(27-2)13-19(16)28-3)21(24)15-6-9-17(10-7-15)22-30(25,26)20-5-4-12-29-20/h4-13,22H,14H2,1-3H3. The number of nitrogens with zero attached hydrogens (tertiary/aromatic N) is 1. The van der Waals surface area contributed by atoms with Crippen molar-refractivity contribution in [1.82, 2.24) is 4.90 Å². The van der Waals surface area contributed by atoms with Crippen molar-refractivity contribution in [2.24, 2.45) is 0 Å². The fourth-order valence-electron chi connectivity index (χ4n) is 2.83. The Kier molecular flexibility index (Phi) is 6.63. The molecule has 1 aromatic heterocycles. The summed E-state index contributed by atoms with van der Waals surface area (Å²) in [5.74, 6) is 1.11. The lowest BCUT2D eigenvalue weighted by Gasteiger charge is -2.19. The Morgan fingerprint density at radius 3 is 2.40 bits per heavy atom. The fourth-order valence-corrected chi connectivity index (χ4v) is 4.88. The van der Waals surface area contributed by atoms with E-state index in [1.54, 1.807) is 67.9 Å². The van der Waals surface area contributed by atoms with Crippen molar-refractivity contribution in [3.63, 3.8) is 0 Å². The third-order valence-electron chi connectivity index (χ3n) is 4.39. The monoisotopic (exact) mass is 446 g/mol. The number of methoxy groups -OCH3 is 2. The molecule has 0 saturated carbocycles. The van der Waals surface area contributed by atoms with Crippen molar-refractivity contribution in [2.75, 3.05) is 26.0 Å². The van der Waals surface area contributed by atoms with E-state index in [0.29, 0.717) is 29.3 Å². The molecule has 1 heterocycles. The van der Waals surface area contributed by atoms with E-state index >= 15 is 0 Å². The second kappa shape index (κ2) is 9.19. The Morgan fingerprint density at radius 1 is 1.07 bits per heavy atom. The van der Waals surface area contributed by atoms with Gasteiger partial charge in [-0.3, -0.25) is 9.52 Å². The maximum atomic E-state index is 12.8. The Hall–Kier alpha value is -3.04. The Bertz CT molecular complexity index is 1110. The summed E-state index contributed by atoms with van der Waals surface area (Å²) in [6.45, 7) is 0.346. The molecule has 0 aliphatic carbocycles. The van der Waals surface area contributed by atoms with Gasteiger partial charge in [0.2, 0.25) is 0 Å². The number of benzene rings is 2. The quantitative estimate of drug-likeness (QED) is 0.568. The molecule has 158 valence electrons. The van der Waals surface area contributed by atoms with E-state index in [2.05, 4.69) is 4.72 Å². The average Bonchev–Trinajstić information content (AvgIpc) is 3.30. The second-order valence-electron chi connectivity index (χ2n) is 6.45. The molecule has 0 aliphatic rings. The first-order valence-corrected chi connectivity index (χ1v) is 11.3. The number of hydrogen-bond acceptors (Lipinski definition) is 6. The molecule has 3 rings (SSSR count). The molecule has 0 fully saturated rings. The van der Waals surface area contributed by atoms with Crippen molar-refractivity contribution in [3.05, 3.63) is 71.1 Å². The van der Waals surface area contributed by atoms with Crippen molar-refractivity contribution in [1.29, 1.82) is 0 Å². The van der Waals surface area contributed by atoms with Gasteiger partial charge >= 0.3 is 0 Å². The first kappa shape index (κ1) is 21.7. The number of sulfonamides is 1. The number of thiophene rings is 1. The summed E-state index contributed by atoms with van der Waals surface area (Å²) in [7, 11) is 1.21. The molecule has 1 N–H and O–H groups in total. The first-order chi connectivity index (χ1) is 14.3. The van der Waals surface area contributed by atoms with Crippen LogP contribution in [0.5, 0.6) is 11.5 Å². The molecular formula is C21H22N2O5S2. The zero-order valence-corrected chi connectivity index (χ0v) is 18.4. The van der Waals surface area contributed by atoms with Gasteiger partial charge in [0.05, 0.1) is 14.2 Å². The SMILES string of the molecule is COc1ccc(CN(C)C(=O)c2ccc(NS(=O)(=O)c3cccs3)cc2)c(OC)c1. The second-order valence-corrected chi connectivity index (χ2v) is 9.31. The molecule has 0 bridgehead atoms. The molecule has 30 heavy (non-hydrogen) atoms. The molecular weight excluding hydrogens is 424 g/mol. The van der Waals surface area contributed by atoms with Crippen molar-refractivity contribution < 1.29 is 22.7 Å². The fraction of sp³-hybridized carbons (Fsp3) is 0.190. The van der Waals surface area contributed by atoms with Gasteiger partial charge in [-0.2, -0.15) is 0 Å². The highest BCUT2D eigenvalue weighted by Gasteiger charge is 2.17. The van der Waals surface area contributed by atoms with E-state index in [-0.39, 0.29) is 10.1 Å². The van der Waals surface area contributed by atoms with Gasteiger partial charge in [0.25, 0.3) is 15.9 Å². The van der Waals surface area contributed by atoms with E-state index in [1.807, 2.05) is 12.1 Å². The first-order valence-electron chi connectivity index (χ1n) is 8.97. The highest BCUT2D eigenvalue weighted by atomic mass is 32.2. The molecule has 0 spiro atoms. The molecule has 7 nitrogen and oxygen atoms in total. The van der Waals surface area contributed by atoms with E-state index in [1.165, 1.54) is 6.07 Å². The van der Waals surface area contributed by atoms with E-state index < -0.39 is 10.0 Å². The van der Waals surface area contributed by atoms with Crippen LogP contribution in [-0.4, -0.2) is 40.5 Å². The largest absolute Gasteiger partial charge is 0.497 e. The van der Waals surface area contributed by atoms with Crippen molar-refractivity contribution in [3.8, 4) is 11.5 Å². The lowest BCUT2D eigenvalue weighted by atomic mass is 10.1. The van der Waals surface area contributed by atoms with Gasteiger partial charge in [0, 0.05) is 36.5 Å². The highest BCUT2D eigenvalue weighted by molar-refractivity contribution is 7.94. The molecule has 0 atom stereocenters. The summed E-state index contributed by atoms with van der Waals surface area (Å²) in [5, 5.41) is 1.70. The third-order valence-corrected chi connectivity index (χ3v) is 7.17. The van der Waals surface area contributed by atoms with Crippen LogP contribution in [0, 0.1) is 0 Å². The van der Waals surface area contributed by atoms with Crippen LogP contribution < -0.4 is 14.2 Å². The maximum Gasteiger partial charge on any atom is 0.271 e. The predicted octanol–water partition coefficient (Wildman–Crippen LogP) is 3.84. The zero-order valence-electron chi connectivity index (χ0n) is 16.8. The lowest BCUT2D eigenvalue weighted by Crippen LogP contribution is -2.26. The number of carbonyl (C=O) groups excluding carboxylic acids is 1. The van der Waals surface area contributed by atoms with Crippen molar-refractivity contribution >= 4 is 33.0 Å². The summed E-state index contributed by atoms with van der Waals surface area (Å²) in [6, 6.07) is 15.0. The minimum absolute atomic E-state index is 0.194. The van der Waals surface area contributed by atoms with Gasteiger partial charge in [-0.05, 0) is 47.8 Å². The Labute approximate surface area is 179 Å². The topological polar surface area (TPSA) is 84.9 Å². The number of amides is 1. The van der Waals surface area contributed by atoms with Gasteiger partial charge in [0.1, 0.15) is 15.7 Å². The van der Waals surface area contributed by atoms with Crippen LogP contribution in [0.4, 0.5) is 5.69 Å². The summed E-state index contributed by atoms with van der Waals surface area (Å²) in [4.78, 5) is 14.3. The zero-order chi connectivity index (χ0) is 21.7. The molecule has 0 radical (unpaired) electrons.